The van der Waals surface area contributed by atoms with Gasteiger partial charge in [0, 0.05) is 12.1 Å². The van der Waals surface area contributed by atoms with Gasteiger partial charge in [-0.1, -0.05) is 11.6 Å². The van der Waals surface area contributed by atoms with Gasteiger partial charge in [-0.15, -0.1) is 0 Å². The highest BCUT2D eigenvalue weighted by Gasteiger charge is 2.24. The molecule has 2 aromatic rings. The van der Waals surface area contributed by atoms with Crippen LogP contribution in [0.15, 0.2) is 50.4 Å². The number of carbonyl (C=O) groups excluding carboxylic acids is 1. The second kappa shape index (κ2) is 7.69. The lowest BCUT2D eigenvalue weighted by atomic mass is 10.3. The summed E-state index contributed by atoms with van der Waals surface area (Å²) in [6, 6.07) is 8.25. The number of hydrogen-bond acceptors (Lipinski definition) is 4. The van der Waals surface area contributed by atoms with Crippen molar-refractivity contribution in [1.82, 2.24) is 9.62 Å². The smallest absolute Gasteiger partial charge is 0.241 e. The van der Waals surface area contributed by atoms with E-state index in [4.69, 9.17) is 16.0 Å². The molecule has 0 saturated heterocycles. The van der Waals surface area contributed by atoms with E-state index in [1.165, 1.54) is 36.1 Å². The van der Waals surface area contributed by atoms with Gasteiger partial charge < -0.3 is 9.32 Å². The monoisotopic (exact) mass is 434 g/mol. The average Bonchev–Trinajstić information content (AvgIpc) is 2.91. The van der Waals surface area contributed by atoms with Crippen LogP contribution in [0.5, 0.6) is 0 Å². The van der Waals surface area contributed by atoms with Gasteiger partial charge in [0.15, 0.2) is 4.67 Å². The van der Waals surface area contributed by atoms with Crippen LogP contribution >= 0.6 is 27.5 Å². The standard InChI is InChI=1S/C15H16BrClN2O4S/c1-10(15(20)19(2)9-12-5-8-14(16)23-12)18-24(21,22)13-6-3-11(17)4-7-13/h3-8,10,18H,9H2,1-2H3/t10-/m0/s1. The van der Waals surface area contributed by atoms with Gasteiger partial charge in [0.05, 0.1) is 17.5 Å². The van der Waals surface area contributed by atoms with Crippen molar-refractivity contribution < 1.29 is 17.6 Å². The van der Waals surface area contributed by atoms with E-state index in [-0.39, 0.29) is 17.3 Å². The Morgan fingerprint density at radius 2 is 1.92 bits per heavy atom. The fourth-order valence-electron chi connectivity index (χ4n) is 2.04. The highest BCUT2D eigenvalue weighted by molar-refractivity contribution is 9.10. The van der Waals surface area contributed by atoms with Gasteiger partial charge in [0.2, 0.25) is 15.9 Å². The molecule has 1 amide bonds. The summed E-state index contributed by atoms with van der Waals surface area (Å²) in [6.45, 7) is 1.72. The molecule has 9 heteroatoms. The Kier molecular flexibility index (Phi) is 6.08. The van der Waals surface area contributed by atoms with Gasteiger partial charge in [-0.2, -0.15) is 4.72 Å². The summed E-state index contributed by atoms with van der Waals surface area (Å²) in [5.41, 5.74) is 0. The van der Waals surface area contributed by atoms with E-state index in [2.05, 4.69) is 20.7 Å². The molecule has 0 fully saturated rings. The van der Waals surface area contributed by atoms with Crippen LogP contribution in [0.2, 0.25) is 5.02 Å². The number of nitrogens with zero attached hydrogens (tertiary/aromatic N) is 1. The van der Waals surface area contributed by atoms with Crippen LogP contribution in [-0.4, -0.2) is 32.3 Å². The zero-order valence-electron chi connectivity index (χ0n) is 13.0. The third kappa shape index (κ3) is 4.83. The molecule has 1 N–H and O–H groups in total. The molecule has 0 saturated carbocycles. The van der Waals surface area contributed by atoms with Gasteiger partial charge in [0.1, 0.15) is 5.76 Å². The Labute approximate surface area is 154 Å². The summed E-state index contributed by atoms with van der Waals surface area (Å²) >= 11 is 8.94. The quantitative estimate of drug-likeness (QED) is 0.756. The van der Waals surface area contributed by atoms with E-state index in [1.807, 2.05) is 0 Å². The van der Waals surface area contributed by atoms with Crippen molar-refractivity contribution >= 4 is 43.5 Å². The minimum Gasteiger partial charge on any atom is -0.452 e. The third-order valence-electron chi connectivity index (χ3n) is 3.22. The number of halogens is 2. The molecule has 24 heavy (non-hydrogen) atoms. The van der Waals surface area contributed by atoms with E-state index >= 15 is 0 Å². The Bertz CT molecular complexity index is 820. The molecule has 2 rings (SSSR count). The molecule has 0 aliphatic rings. The maximum absolute atomic E-state index is 12.3. The van der Waals surface area contributed by atoms with Crippen molar-refractivity contribution in [3.8, 4) is 0 Å². The number of sulfonamides is 1. The maximum Gasteiger partial charge on any atom is 0.241 e. The summed E-state index contributed by atoms with van der Waals surface area (Å²) in [6.07, 6.45) is 0. The summed E-state index contributed by atoms with van der Waals surface area (Å²) in [5.74, 6) is 0.213. The molecule has 1 aromatic heterocycles. The molecule has 0 aliphatic carbocycles. The highest BCUT2D eigenvalue weighted by atomic mass is 79.9. The second-order valence-electron chi connectivity index (χ2n) is 5.20. The number of furan rings is 1. The second-order valence-corrected chi connectivity index (χ2v) is 8.13. The predicted molar refractivity (Wildman–Crippen MR) is 94.1 cm³/mol. The zero-order valence-corrected chi connectivity index (χ0v) is 16.2. The lowest BCUT2D eigenvalue weighted by Gasteiger charge is -2.21. The van der Waals surface area contributed by atoms with Gasteiger partial charge >= 0.3 is 0 Å². The van der Waals surface area contributed by atoms with E-state index in [1.54, 1.807) is 19.2 Å². The van der Waals surface area contributed by atoms with Crippen molar-refractivity contribution in [2.75, 3.05) is 7.05 Å². The molecule has 0 unspecified atom stereocenters. The summed E-state index contributed by atoms with van der Waals surface area (Å²) < 4.78 is 32.8. The van der Waals surface area contributed by atoms with Crippen LogP contribution < -0.4 is 4.72 Å². The molecule has 1 atom stereocenters. The van der Waals surface area contributed by atoms with Gasteiger partial charge in [0.25, 0.3) is 0 Å². The number of carbonyl (C=O) groups is 1. The lowest BCUT2D eigenvalue weighted by molar-refractivity contribution is -0.132. The van der Waals surface area contributed by atoms with Crippen LogP contribution in [-0.2, 0) is 21.4 Å². The topological polar surface area (TPSA) is 79.6 Å². The minimum atomic E-state index is -3.81. The fourth-order valence-corrected chi connectivity index (χ4v) is 3.71. The van der Waals surface area contributed by atoms with E-state index < -0.39 is 16.1 Å². The number of nitrogens with one attached hydrogen (secondary N) is 1. The number of amides is 1. The van der Waals surface area contributed by atoms with E-state index in [0.717, 1.165) is 0 Å². The number of benzene rings is 1. The van der Waals surface area contributed by atoms with Crippen LogP contribution in [0.4, 0.5) is 0 Å². The maximum atomic E-state index is 12.3. The Morgan fingerprint density at radius 3 is 2.46 bits per heavy atom. The molecular weight excluding hydrogens is 420 g/mol. The van der Waals surface area contributed by atoms with Crippen LogP contribution in [0.1, 0.15) is 12.7 Å². The van der Waals surface area contributed by atoms with E-state index in [0.29, 0.717) is 15.5 Å². The minimum absolute atomic E-state index is 0.0455. The van der Waals surface area contributed by atoms with Crippen molar-refractivity contribution in [3.63, 3.8) is 0 Å². The predicted octanol–water partition coefficient (Wildman–Crippen LogP) is 3.02. The fraction of sp³-hybridized carbons (Fsp3) is 0.267. The number of rotatable bonds is 6. The lowest BCUT2D eigenvalue weighted by Crippen LogP contribution is -2.45. The first-order valence-corrected chi connectivity index (χ1v) is 9.61. The SMILES string of the molecule is C[C@H](NS(=O)(=O)c1ccc(Cl)cc1)C(=O)N(C)Cc1ccc(Br)o1. The van der Waals surface area contributed by atoms with Crippen LogP contribution in [0, 0.1) is 0 Å². The molecule has 0 spiro atoms. The summed E-state index contributed by atoms with van der Waals surface area (Å²) in [4.78, 5) is 13.8. The molecular formula is C15H16BrClN2O4S. The first kappa shape index (κ1) is 19.0. The Hall–Kier alpha value is -1.35. The molecule has 6 nitrogen and oxygen atoms in total. The first-order chi connectivity index (χ1) is 11.2. The highest BCUT2D eigenvalue weighted by Crippen LogP contribution is 2.16. The summed E-state index contributed by atoms with van der Waals surface area (Å²) in [7, 11) is -2.24. The molecule has 1 heterocycles. The Balaban J connectivity index is 2.03. The van der Waals surface area contributed by atoms with Crippen LogP contribution in [0.25, 0.3) is 0 Å². The van der Waals surface area contributed by atoms with Crippen molar-refractivity contribution in [2.45, 2.75) is 24.4 Å². The first-order valence-electron chi connectivity index (χ1n) is 6.96. The zero-order chi connectivity index (χ0) is 17.9. The van der Waals surface area contributed by atoms with Crippen molar-refractivity contribution in [3.05, 3.63) is 51.9 Å². The van der Waals surface area contributed by atoms with Gasteiger partial charge in [-0.05, 0) is 59.3 Å². The Morgan fingerprint density at radius 1 is 1.29 bits per heavy atom. The van der Waals surface area contributed by atoms with Crippen LogP contribution in [0.3, 0.4) is 0 Å². The molecule has 0 radical (unpaired) electrons. The number of likely N-dealkylation sites (N-methyl/N-ethyl adjacent to an activating group) is 1. The third-order valence-corrected chi connectivity index (χ3v) is 5.46. The van der Waals surface area contributed by atoms with E-state index in [9.17, 15) is 13.2 Å². The molecule has 0 bridgehead atoms. The van der Waals surface area contributed by atoms with Gasteiger partial charge in [-0.3, -0.25) is 4.79 Å². The van der Waals surface area contributed by atoms with Crippen molar-refractivity contribution in [2.24, 2.45) is 0 Å². The van der Waals surface area contributed by atoms with Gasteiger partial charge in [-0.25, -0.2) is 8.42 Å². The molecule has 130 valence electrons. The average molecular weight is 436 g/mol. The summed E-state index contributed by atoms with van der Waals surface area (Å²) in [5, 5.41) is 0.433. The number of hydrogen-bond donors (Lipinski definition) is 1. The normalized spacial score (nSPS) is 12.8. The largest absolute Gasteiger partial charge is 0.452 e. The molecule has 0 aliphatic heterocycles. The van der Waals surface area contributed by atoms with Crippen molar-refractivity contribution in [1.29, 1.82) is 0 Å². The molecule has 1 aromatic carbocycles.